The van der Waals surface area contributed by atoms with Crippen molar-refractivity contribution in [3.05, 3.63) is 0 Å². The number of hydrogen-bond acceptors (Lipinski definition) is 1. The third kappa shape index (κ3) is 2.33. The summed E-state index contributed by atoms with van der Waals surface area (Å²) in [4.78, 5) is 7.13. The first-order valence-electron chi connectivity index (χ1n) is 7.54. The van der Waals surface area contributed by atoms with Crippen LogP contribution < -0.4 is 0 Å². The van der Waals surface area contributed by atoms with Gasteiger partial charge in [0.25, 0.3) is 0 Å². The van der Waals surface area contributed by atoms with Crippen LogP contribution in [0.4, 0.5) is 0 Å². The van der Waals surface area contributed by atoms with E-state index < -0.39 is 0 Å². The Hall–Kier alpha value is -0.465. The molecule has 3 heteroatoms. The van der Waals surface area contributed by atoms with E-state index in [1.165, 1.54) is 37.9 Å². The van der Waals surface area contributed by atoms with Crippen LogP contribution in [-0.2, 0) is 0 Å². The maximum absolute atomic E-state index is 6.56. The normalized spacial score (nSPS) is 40.7. The smallest absolute Gasteiger partial charge is 0.0990 e. The Morgan fingerprint density at radius 3 is 2.83 bits per heavy atom. The molecule has 18 heavy (non-hydrogen) atoms. The molecule has 1 aliphatic carbocycles. The number of rotatable bonds is 2. The minimum atomic E-state index is 0.0217. The highest BCUT2D eigenvalue weighted by molar-refractivity contribution is 6.15. The molecule has 2 aliphatic rings. The third-order valence-corrected chi connectivity index (χ3v) is 5.18. The van der Waals surface area contributed by atoms with Gasteiger partial charge in [-0.15, -0.1) is 0 Å². The van der Waals surface area contributed by atoms with E-state index in [2.05, 4.69) is 30.7 Å². The lowest BCUT2D eigenvalue weighted by Gasteiger charge is -2.54. The van der Waals surface area contributed by atoms with E-state index in [9.17, 15) is 0 Å². The number of aliphatic imine (C=N–C) groups is 1. The molecule has 1 saturated heterocycles. The van der Waals surface area contributed by atoms with Gasteiger partial charge in [0.1, 0.15) is 0 Å². The zero-order chi connectivity index (χ0) is 13.3. The van der Waals surface area contributed by atoms with Crippen LogP contribution in [0, 0.1) is 5.92 Å². The zero-order valence-corrected chi connectivity index (χ0v) is 12.4. The quantitative estimate of drug-likeness (QED) is 0.681. The molecule has 0 aromatic rings. The average Bonchev–Trinajstić information content (AvgIpc) is 2.36. The second kappa shape index (κ2) is 5.26. The summed E-state index contributed by atoms with van der Waals surface area (Å²) < 4.78 is 0. The fourth-order valence-electron chi connectivity index (χ4n) is 3.98. The van der Waals surface area contributed by atoms with Crippen molar-refractivity contribution in [1.29, 1.82) is 0 Å². The number of nitrogens with zero attached hydrogens (tertiary/aromatic N) is 2. The first-order valence-corrected chi connectivity index (χ1v) is 7.54. The molecule has 4 atom stereocenters. The minimum absolute atomic E-state index is 0.0217. The molecule has 0 amide bonds. The molecule has 2 fully saturated rings. The van der Waals surface area contributed by atoms with Gasteiger partial charge in [-0.05, 0) is 32.1 Å². The van der Waals surface area contributed by atoms with E-state index >= 15 is 0 Å². The van der Waals surface area contributed by atoms with Gasteiger partial charge in [-0.1, -0.05) is 32.0 Å². The molecule has 0 spiro atoms. The Kier molecular flexibility index (Phi) is 4.08. The Bertz CT molecular complexity index is 324. The van der Waals surface area contributed by atoms with Crippen molar-refractivity contribution < 1.29 is 0 Å². The lowest BCUT2D eigenvalue weighted by molar-refractivity contribution is 0.0808. The highest BCUT2D eigenvalue weighted by Gasteiger charge is 2.45. The summed E-state index contributed by atoms with van der Waals surface area (Å²) in [6, 6.07) is 1.21. The second-order valence-corrected chi connectivity index (χ2v) is 6.41. The van der Waals surface area contributed by atoms with Crippen LogP contribution >= 0.6 is 0 Å². The van der Waals surface area contributed by atoms with Crippen LogP contribution in [0.25, 0.3) is 0 Å². The summed E-state index contributed by atoms with van der Waals surface area (Å²) in [5, 5.41) is 0.0217. The van der Waals surface area contributed by atoms with Gasteiger partial charge in [0.15, 0.2) is 0 Å². The van der Waals surface area contributed by atoms with Crippen LogP contribution in [0.2, 0.25) is 5.31 Å². The number of amidine groups is 1. The fourth-order valence-corrected chi connectivity index (χ4v) is 3.98. The number of piperidine rings is 1. The number of hydrogen-bond donors (Lipinski definition) is 0. The van der Waals surface area contributed by atoms with Gasteiger partial charge < -0.3 is 4.90 Å². The molecule has 2 nitrogen and oxygen atoms in total. The summed E-state index contributed by atoms with van der Waals surface area (Å²) >= 11 is 0. The maximum Gasteiger partial charge on any atom is 0.0990 e. The molecule has 2 rings (SSSR count). The lowest BCUT2D eigenvalue weighted by atomic mass is 9.52. The van der Waals surface area contributed by atoms with Crippen LogP contribution in [0.15, 0.2) is 4.99 Å². The topological polar surface area (TPSA) is 15.6 Å². The molecule has 4 unspecified atom stereocenters. The maximum atomic E-state index is 6.56. The van der Waals surface area contributed by atoms with E-state index in [4.69, 9.17) is 7.85 Å². The van der Waals surface area contributed by atoms with Gasteiger partial charge in [0.05, 0.1) is 13.7 Å². The van der Waals surface area contributed by atoms with Crippen LogP contribution in [0.1, 0.15) is 59.3 Å². The second-order valence-electron chi connectivity index (χ2n) is 6.41. The predicted molar refractivity (Wildman–Crippen MR) is 79.4 cm³/mol. The van der Waals surface area contributed by atoms with Crippen LogP contribution in [-0.4, -0.2) is 37.7 Å². The van der Waals surface area contributed by atoms with E-state index in [1.807, 2.05) is 7.05 Å². The first-order chi connectivity index (χ1) is 8.51. The Labute approximate surface area is 114 Å². The first kappa shape index (κ1) is 14.0. The molecule has 0 bridgehead atoms. The van der Waals surface area contributed by atoms with Crippen LogP contribution in [0.3, 0.4) is 0 Å². The van der Waals surface area contributed by atoms with Crippen molar-refractivity contribution in [3.63, 3.8) is 0 Å². The van der Waals surface area contributed by atoms with Gasteiger partial charge in [0.2, 0.25) is 0 Å². The van der Waals surface area contributed by atoms with Crippen molar-refractivity contribution >= 4 is 13.7 Å². The molecule has 0 aromatic heterocycles. The molecule has 1 aliphatic heterocycles. The monoisotopic (exact) mass is 246 g/mol. The summed E-state index contributed by atoms with van der Waals surface area (Å²) in [5.41, 5.74) is 0. The van der Waals surface area contributed by atoms with Gasteiger partial charge in [-0.25, -0.2) is 0 Å². The fraction of sp³-hybridized carbons (Fsp3) is 0.933. The Balaban J connectivity index is 2.28. The van der Waals surface area contributed by atoms with E-state index in [-0.39, 0.29) is 5.31 Å². The third-order valence-electron chi connectivity index (χ3n) is 5.18. The van der Waals surface area contributed by atoms with Gasteiger partial charge in [-0.2, -0.15) is 0 Å². The molecule has 1 saturated carbocycles. The molecule has 1 heterocycles. The number of likely N-dealkylation sites (tertiary alicyclic amines) is 1. The minimum Gasteiger partial charge on any atom is -0.354 e. The SMILES string of the molecule is [B]C1(C)CCCC2C1CCC(=NC)N2C(C)CC. The van der Waals surface area contributed by atoms with Crippen molar-refractivity contribution in [1.82, 2.24) is 4.90 Å². The van der Waals surface area contributed by atoms with Gasteiger partial charge in [-0.3, -0.25) is 4.99 Å². The van der Waals surface area contributed by atoms with E-state index in [1.54, 1.807) is 0 Å². The van der Waals surface area contributed by atoms with E-state index in [0.29, 0.717) is 18.0 Å². The van der Waals surface area contributed by atoms with Crippen molar-refractivity contribution in [2.45, 2.75) is 76.7 Å². The summed E-state index contributed by atoms with van der Waals surface area (Å²) in [7, 11) is 8.50. The van der Waals surface area contributed by atoms with Crippen molar-refractivity contribution in [3.8, 4) is 0 Å². The highest BCUT2D eigenvalue weighted by Crippen LogP contribution is 2.50. The zero-order valence-electron chi connectivity index (χ0n) is 12.4. The lowest BCUT2D eigenvalue weighted by Crippen LogP contribution is -2.56. The van der Waals surface area contributed by atoms with Crippen molar-refractivity contribution in [2.24, 2.45) is 10.9 Å². The highest BCUT2D eigenvalue weighted by atomic mass is 15.2. The Morgan fingerprint density at radius 2 is 2.22 bits per heavy atom. The molecule has 100 valence electrons. The standard InChI is InChI=1S/C15H27BN2/c1-5-11(2)18-13-7-6-10-15(3,16)12(13)8-9-14(18)17-4/h11-13H,5-10H2,1-4H3. The molecular weight excluding hydrogens is 219 g/mol. The average molecular weight is 246 g/mol. The summed E-state index contributed by atoms with van der Waals surface area (Å²) in [6.07, 6.45) is 7.25. The summed E-state index contributed by atoms with van der Waals surface area (Å²) in [6.45, 7) is 6.86. The van der Waals surface area contributed by atoms with Crippen LogP contribution in [0.5, 0.6) is 0 Å². The molecular formula is C15H27BN2. The molecule has 2 radical (unpaired) electrons. The predicted octanol–water partition coefficient (Wildman–Crippen LogP) is 3.42. The Morgan fingerprint density at radius 1 is 1.50 bits per heavy atom. The molecule has 0 N–H and O–H groups in total. The van der Waals surface area contributed by atoms with Crippen molar-refractivity contribution in [2.75, 3.05) is 7.05 Å². The van der Waals surface area contributed by atoms with Gasteiger partial charge in [0, 0.05) is 25.6 Å². The van der Waals surface area contributed by atoms with E-state index in [0.717, 1.165) is 6.42 Å². The van der Waals surface area contributed by atoms with Gasteiger partial charge >= 0.3 is 0 Å². The molecule has 0 aromatic carbocycles. The number of fused-ring (bicyclic) bond motifs is 1. The largest absolute Gasteiger partial charge is 0.354 e. The summed E-state index contributed by atoms with van der Waals surface area (Å²) in [5.74, 6) is 1.95.